The molecular weight excluding hydrogens is 508 g/mol. The van der Waals surface area contributed by atoms with E-state index in [2.05, 4.69) is 37.7 Å². The van der Waals surface area contributed by atoms with Gasteiger partial charge >= 0.3 is 6.03 Å². The zero-order valence-electron chi connectivity index (χ0n) is 23.1. The van der Waals surface area contributed by atoms with Crippen molar-refractivity contribution in [3.8, 4) is 0 Å². The van der Waals surface area contributed by atoms with E-state index >= 15 is 0 Å². The molecule has 4 amide bonds. The molecule has 11 nitrogen and oxygen atoms in total. The van der Waals surface area contributed by atoms with Gasteiger partial charge in [-0.3, -0.25) is 29.0 Å². The third kappa shape index (κ3) is 4.81. The zero-order chi connectivity index (χ0) is 28.1. The van der Waals surface area contributed by atoms with Gasteiger partial charge in [-0.2, -0.15) is 5.10 Å². The Morgan fingerprint density at radius 2 is 1.80 bits per heavy atom. The van der Waals surface area contributed by atoms with Crippen LogP contribution in [0.2, 0.25) is 0 Å². The average molecular weight is 543 g/mol. The zero-order valence-corrected chi connectivity index (χ0v) is 23.1. The number of amides is 4. The lowest BCUT2D eigenvalue weighted by atomic mass is 9.92. The van der Waals surface area contributed by atoms with Crippen molar-refractivity contribution in [1.29, 1.82) is 0 Å². The summed E-state index contributed by atoms with van der Waals surface area (Å²) in [5.74, 6) is 0.382. The number of hydrogen-bond acceptors (Lipinski definition) is 6. The van der Waals surface area contributed by atoms with Crippen LogP contribution in [0, 0.1) is 5.41 Å². The summed E-state index contributed by atoms with van der Waals surface area (Å²) in [6, 6.07) is 15.2. The standard InChI is InChI=1S/C29H34N8O3/c1-28(2)12-15-36(26(28)39)24-22(17-34(3)33-24)31-25(38)21-10-7-11-23(30-21)37-19-29(32-27(37)40)13-14-35(18-29)16-20-8-5-4-6-9-20/h4-11,17H,12-16,18-19H2,1-3H3,(H,31,38)(H,32,40). The fraction of sp³-hybridized carbons (Fsp3) is 0.414. The Bertz CT molecular complexity index is 1470. The number of anilines is 3. The average Bonchev–Trinajstić information content (AvgIpc) is 3.66. The van der Waals surface area contributed by atoms with Gasteiger partial charge in [0.1, 0.15) is 17.2 Å². The van der Waals surface area contributed by atoms with E-state index in [1.165, 1.54) is 5.56 Å². The Kier molecular flexibility index (Phi) is 6.33. The minimum Gasteiger partial charge on any atom is -0.329 e. The van der Waals surface area contributed by atoms with Crippen LogP contribution < -0.4 is 20.4 Å². The minimum absolute atomic E-state index is 0.0231. The highest BCUT2D eigenvalue weighted by Gasteiger charge is 2.48. The number of rotatable bonds is 6. The summed E-state index contributed by atoms with van der Waals surface area (Å²) >= 11 is 0. The second kappa shape index (κ2) is 9.74. The summed E-state index contributed by atoms with van der Waals surface area (Å²) in [5.41, 5.74) is 1.03. The molecule has 3 aliphatic rings. The predicted octanol–water partition coefficient (Wildman–Crippen LogP) is 3.00. The normalized spacial score (nSPS) is 22.4. The van der Waals surface area contributed by atoms with Crippen LogP contribution in [-0.4, -0.2) is 69.2 Å². The van der Waals surface area contributed by atoms with Crippen LogP contribution in [0.1, 0.15) is 42.7 Å². The third-order valence-corrected chi connectivity index (χ3v) is 8.10. The summed E-state index contributed by atoms with van der Waals surface area (Å²) in [4.78, 5) is 49.4. The van der Waals surface area contributed by atoms with Gasteiger partial charge in [0.05, 0.1) is 18.3 Å². The number of urea groups is 1. The van der Waals surface area contributed by atoms with Gasteiger partial charge in [-0.1, -0.05) is 50.2 Å². The Morgan fingerprint density at radius 1 is 1.00 bits per heavy atom. The number of likely N-dealkylation sites (tertiary alicyclic amines) is 1. The number of carbonyl (C=O) groups is 3. The third-order valence-electron chi connectivity index (χ3n) is 8.10. The van der Waals surface area contributed by atoms with E-state index in [-0.39, 0.29) is 23.2 Å². The van der Waals surface area contributed by atoms with E-state index in [0.29, 0.717) is 36.8 Å². The highest BCUT2D eigenvalue weighted by Crippen LogP contribution is 2.36. The molecule has 2 N–H and O–H groups in total. The number of pyridine rings is 1. The van der Waals surface area contributed by atoms with Crippen LogP contribution in [0.4, 0.5) is 22.1 Å². The number of aromatic nitrogens is 3. The number of aryl methyl sites for hydroxylation is 1. The van der Waals surface area contributed by atoms with E-state index in [0.717, 1.165) is 26.1 Å². The van der Waals surface area contributed by atoms with Crippen molar-refractivity contribution < 1.29 is 14.4 Å². The molecule has 11 heteroatoms. The first-order chi connectivity index (χ1) is 19.1. The maximum atomic E-state index is 13.3. The fourth-order valence-corrected chi connectivity index (χ4v) is 5.88. The molecule has 3 aliphatic heterocycles. The largest absolute Gasteiger partial charge is 0.329 e. The number of hydrogen-bond donors (Lipinski definition) is 2. The Morgan fingerprint density at radius 3 is 2.55 bits per heavy atom. The molecule has 1 spiro atoms. The second-order valence-electron chi connectivity index (χ2n) is 11.7. The Labute approximate surface area is 233 Å². The lowest BCUT2D eigenvalue weighted by molar-refractivity contribution is -0.124. The molecule has 0 saturated carbocycles. The fourth-order valence-electron chi connectivity index (χ4n) is 5.88. The molecule has 208 valence electrons. The molecule has 0 aliphatic carbocycles. The molecule has 3 aromatic rings. The van der Waals surface area contributed by atoms with Gasteiger partial charge in [-0.15, -0.1) is 0 Å². The molecule has 1 atom stereocenters. The van der Waals surface area contributed by atoms with Crippen LogP contribution in [0.3, 0.4) is 0 Å². The highest BCUT2D eigenvalue weighted by atomic mass is 16.2. The SMILES string of the molecule is Cn1cc(NC(=O)c2cccc(N3CC4(CCN(Cc5ccccc5)C4)NC3=O)n2)c(N2CCC(C)(C)C2=O)n1. The molecule has 3 fully saturated rings. The first kappa shape index (κ1) is 26.0. The maximum Gasteiger partial charge on any atom is 0.323 e. The smallest absolute Gasteiger partial charge is 0.323 e. The lowest BCUT2D eigenvalue weighted by Crippen LogP contribution is -2.45. The monoisotopic (exact) mass is 542 g/mol. The summed E-state index contributed by atoms with van der Waals surface area (Å²) in [7, 11) is 1.75. The number of benzene rings is 1. The highest BCUT2D eigenvalue weighted by molar-refractivity contribution is 6.07. The maximum absolute atomic E-state index is 13.3. The van der Waals surface area contributed by atoms with Crippen molar-refractivity contribution >= 4 is 35.2 Å². The van der Waals surface area contributed by atoms with Crippen LogP contribution in [-0.2, 0) is 18.4 Å². The van der Waals surface area contributed by atoms with E-state index in [9.17, 15) is 14.4 Å². The molecule has 0 bridgehead atoms. The second-order valence-corrected chi connectivity index (χ2v) is 11.7. The first-order valence-corrected chi connectivity index (χ1v) is 13.6. The molecule has 5 heterocycles. The van der Waals surface area contributed by atoms with E-state index in [1.54, 1.807) is 45.9 Å². The topological polar surface area (TPSA) is 116 Å². The van der Waals surface area contributed by atoms with E-state index < -0.39 is 11.3 Å². The lowest BCUT2D eigenvalue weighted by Gasteiger charge is -2.23. The van der Waals surface area contributed by atoms with E-state index in [4.69, 9.17) is 0 Å². The van der Waals surface area contributed by atoms with Crippen molar-refractivity contribution in [1.82, 2.24) is 25.0 Å². The van der Waals surface area contributed by atoms with Crippen LogP contribution >= 0.6 is 0 Å². The van der Waals surface area contributed by atoms with Crippen molar-refractivity contribution in [3.05, 3.63) is 66.0 Å². The minimum atomic E-state index is -0.472. The van der Waals surface area contributed by atoms with Gasteiger partial charge in [-0.05, 0) is 30.5 Å². The van der Waals surface area contributed by atoms with Gasteiger partial charge in [0, 0.05) is 38.6 Å². The molecule has 0 radical (unpaired) electrons. The summed E-state index contributed by atoms with van der Waals surface area (Å²) in [5, 5.41) is 10.5. The van der Waals surface area contributed by atoms with Crippen LogP contribution in [0.25, 0.3) is 0 Å². The van der Waals surface area contributed by atoms with Gasteiger partial charge in [0.25, 0.3) is 5.91 Å². The molecule has 1 aromatic carbocycles. The van der Waals surface area contributed by atoms with Gasteiger partial charge in [0.2, 0.25) is 5.91 Å². The number of nitrogens with one attached hydrogen (secondary N) is 2. The van der Waals surface area contributed by atoms with E-state index in [1.807, 2.05) is 32.0 Å². The number of carbonyl (C=O) groups excluding carboxylic acids is 3. The molecule has 3 saturated heterocycles. The molecule has 6 rings (SSSR count). The quantitative estimate of drug-likeness (QED) is 0.495. The molecular formula is C29H34N8O3. The molecule has 40 heavy (non-hydrogen) atoms. The first-order valence-electron chi connectivity index (χ1n) is 13.6. The Hall–Kier alpha value is -4.25. The number of nitrogens with zero attached hydrogens (tertiary/aromatic N) is 6. The van der Waals surface area contributed by atoms with Crippen LogP contribution in [0.15, 0.2) is 54.7 Å². The van der Waals surface area contributed by atoms with Crippen molar-refractivity contribution in [2.75, 3.05) is 41.3 Å². The van der Waals surface area contributed by atoms with Crippen molar-refractivity contribution in [3.63, 3.8) is 0 Å². The summed E-state index contributed by atoms with van der Waals surface area (Å²) < 4.78 is 1.57. The Balaban J connectivity index is 1.15. The van der Waals surface area contributed by atoms with Gasteiger partial charge in [0.15, 0.2) is 5.82 Å². The van der Waals surface area contributed by atoms with Gasteiger partial charge in [-0.25, -0.2) is 9.78 Å². The van der Waals surface area contributed by atoms with Gasteiger partial charge < -0.3 is 10.6 Å². The summed E-state index contributed by atoms with van der Waals surface area (Å²) in [6.45, 7) is 7.32. The van der Waals surface area contributed by atoms with Crippen molar-refractivity contribution in [2.45, 2.75) is 38.8 Å². The van der Waals surface area contributed by atoms with Crippen LogP contribution in [0.5, 0.6) is 0 Å². The molecule has 1 unspecified atom stereocenters. The van der Waals surface area contributed by atoms with Crippen molar-refractivity contribution in [2.24, 2.45) is 12.5 Å². The summed E-state index contributed by atoms with van der Waals surface area (Å²) in [6.07, 6.45) is 3.23. The predicted molar refractivity (Wildman–Crippen MR) is 151 cm³/mol. The molecule has 2 aromatic heterocycles.